The third-order valence-corrected chi connectivity index (χ3v) is 4.12. The maximum atomic E-state index is 3.62. The predicted molar refractivity (Wildman–Crippen MR) is 72.8 cm³/mol. The number of hydrogen-bond donors (Lipinski definition) is 1. The second kappa shape index (κ2) is 5.30. The van der Waals surface area contributed by atoms with Crippen molar-refractivity contribution in [3.63, 3.8) is 0 Å². The van der Waals surface area contributed by atoms with E-state index in [1.165, 1.54) is 28.4 Å². The molecule has 1 aliphatic carbocycles. The molecular formula is C13H18IN. The maximum absolute atomic E-state index is 3.62. The van der Waals surface area contributed by atoms with E-state index in [1.54, 1.807) is 0 Å². The Labute approximate surface area is 106 Å². The predicted octanol–water partition coefficient (Wildman–Crippen LogP) is 3.57. The summed E-state index contributed by atoms with van der Waals surface area (Å²) in [5, 5.41) is 3.62. The van der Waals surface area contributed by atoms with Crippen molar-refractivity contribution in [1.29, 1.82) is 0 Å². The van der Waals surface area contributed by atoms with Crippen LogP contribution in [0.5, 0.6) is 0 Å². The number of halogens is 1. The van der Waals surface area contributed by atoms with Crippen LogP contribution < -0.4 is 5.32 Å². The minimum atomic E-state index is 0.679. The van der Waals surface area contributed by atoms with Gasteiger partial charge in [-0.2, -0.15) is 0 Å². The molecule has 2 heteroatoms. The van der Waals surface area contributed by atoms with Crippen LogP contribution in [0.1, 0.15) is 31.7 Å². The molecule has 1 atom stereocenters. The molecule has 1 nitrogen and oxygen atoms in total. The molecule has 0 spiro atoms. The lowest BCUT2D eigenvalue weighted by atomic mass is 9.80. The van der Waals surface area contributed by atoms with Crippen LogP contribution in [-0.4, -0.2) is 6.04 Å². The first-order valence-electron chi connectivity index (χ1n) is 5.73. The second-order valence-corrected chi connectivity index (χ2v) is 5.73. The highest BCUT2D eigenvalue weighted by Gasteiger charge is 2.23. The topological polar surface area (TPSA) is 12.0 Å². The van der Waals surface area contributed by atoms with Crippen LogP contribution >= 0.6 is 22.6 Å². The van der Waals surface area contributed by atoms with E-state index in [2.05, 4.69) is 59.1 Å². The molecule has 0 aromatic heterocycles. The Bertz CT molecular complexity index is 303. The molecule has 0 heterocycles. The van der Waals surface area contributed by atoms with Crippen molar-refractivity contribution in [2.45, 2.75) is 38.8 Å². The van der Waals surface area contributed by atoms with Crippen molar-refractivity contribution >= 4 is 22.6 Å². The van der Waals surface area contributed by atoms with Crippen LogP contribution in [0.15, 0.2) is 24.3 Å². The SMILES string of the molecule is CC(NCc1ccc(I)cc1)C1CCC1. The van der Waals surface area contributed by atoms with E-state index < -0.39 is 0 Å². The minimum Gasteiger partial charge on any atom is -0.310 e. The zero-order valence-electron chi connectivity index (χ0n) is 9.17. The summed E-state index contributed by atoms with van der Waals surface area (Å²) in [6, 6.07) is 9.44. The molecule has 2 rings (SSSR count). The maximum Gasteiger partial charge on any atom is 0.0208 e. The van der Waals surface area contributed by atoms with Crippen molar-refractivity contribution < 1.29 is 0 Å². The quantitative estimate of drug-likeness (QED) is 0.838. The fourth-order valence-corrected chi connectivity index (χ4v) is 2.35. The van der Waals surface area contributed by atoms with Gasteiger partial charge in [0.25, 0.3) is 0 Å². The van der Waals surface area contributed by atoms with Gasteiger partial charge in [-0.15, -0.1) is 0 Å². The Balaban J connectivity index is 1.79. The van der Waals surface area contributed by atoms with Gasteiger partial charge in [0.05, 0.1) is 0 Å². The summed E-state index contributed by atoms with van der Waals surface area (Å²) in [6.45, 7) is 3.32. The molecule has 15 heavy (non-hydrogen) atoms. The fraction of sp³-hybridized carbons (Fsp3) is 0.538. The molecule has 1 unspecified atom stereocenters. The smallest absolute Gasteiger partial charge is 0.0208 e. The van der Waals surface area contributed by atoms with Crippen LogP contribution in [0.4, 0.5) is 0 Å². The molecule has 1 aromatic carbocycles. The average Bonchev–Trinajstić information content (AvgIpc) is 2.14. The number of nitrogens with one attached hydrogen (secondary N) is 1. The Hall–Kier alpha value is -0.0900. The van der Waals surface area contributed by atoms with E-state index in [0.717, 1.165) is 12.5 Å². The summed E-state index contributed by atoms with van der Waals surface area (Å²) in [7, 11) is 0. The van der Waals surface area contributed by atoms with Crippen LogP contribution in [0, 0.1) is 9.49 Å². The molecular weight excluding hydrogens is 297 g/mol. The van der Waals surface area contributed by atoms with E-state index in [0.29, 0.717) is 6.04 Å². The normalized spacial score (nSPS) is 18.5. The first-order valence-corrected chi connectivity index (χ1v) is 6.81. The van der Waals surface area contributed by atoms with Crippen molar-refractivity contribution in [3.8, 4) is 0 Å². The van der Waals surface area contributed by atoms with Gasteiger partial charge in [-0.1, -0.05) is 18.6 Å². The first kappa shape index (κ1) is 11.4. The molecule has 82 valence electrons. The molecule has 1 saturated carbocycles. The third kappa shape index (κ3) is 3.18. The van der Waals surface area contributed by atoms with Gasteiger partial charge >= 0.3 is 0 Å². The van der Waals surface area contributed by atoms with Gasteiger partial charge in [-0.3, -0.25) is 0 Å². The Morgan fingerprint density at radius 1 is 1.33 bits per heavy atom. The Kier molecular flexibility index (Phi) is 4.03. The van der Waals surface area contributed by atoms with E-state index in [-0.39, 0.29) is 0 Å². The summed E-state index contributed by atoms with van der Waals surface area (Å²) >= 11 is 2.34. The number of hydrogen-bond acceptors (Lipinski definition) is 1. The van der Waals surface area contributed by atoms with Gasteiger partial charge in [-0.05, 0) is 66.0 Å². The van der Waals surface area contributed by atoms with E-state index in [4.69, 9.17) is 0 Å². The molecule has 1 fully saturated rings. The highest BCUT2D eigenvalue weighted by Crippen LogP contribution is 2.29. The van der Waals surface area contributed by atoms with Crippen LogP contribution in [0.25, 0.3) is 0 Å². The highest BCUT2D eigenvalue weighted by molar-refractivity contribution is 14.1. The van der Waals surface area contributed by atoms with Gasteiger partial charge in [0.15, 0.2) is 0 Å². The van der Waals surface area contributed by atoms with E-state index in [1.807, 2.05) is 0 Å². The molecule has 0 radical (unpaired) electrons. The Morgan fingerprint density at radius 2 is 2.00 bits per heavy atom. The first-order chi connectivity index (χ1) is 7.25. The average molecular weight is 315 g/mol. The summed E-state index contributed by atoms with van der Waals surface area (Å²) in [4.78, 5) is 0. The van der Waals surface area contributed by atoms with Crippen LogP contribution in [-0.2, 0) is 6.54 Å². The fourth-order valence-electron chi connectivity index (χ4n) is 1.99. The van der Waals surface area contributed by atoms with E-state index in [9.17, 15) is 0 Å². The monoisotopic (exact) mass is 315 g/mol. The zero-order valence-corrected chi connectivity index (χ0v) is 11.3. The molecule has 1 aliphatic rings. The van der Waals surface area contributed by atoms with Crippen molar-refractivity contribution in [1.82, 2.24) is 5.32 Å². The number of benzene rings is 1. The summed E-state index contributed by atoms with van der Waals surface area (Å²) in [5.74, 6) is 0.925. The molecule has 0 bridgehead atoms. The molecule has 0 amide bonds. The van der Waals surface area contributed by atoms with Gasteiger partial charge in [0.1, 0.15) is 0 Å². The lowest BCUT2D eigenvalue weighted by molar-refractivity contribution is 0.240. The lowest BCUT2D eigenvalue weighted by Gasteiger charge is -2.32. The van der Waals surface area contributed by atoms with Crippen molar-refractivity contribution in [2.24, 2.45) is 5.92 Å². The summed E-state index contributed by atoms with van der Waals surface area (Å²) in [6.07, 6.45) is 4.27. The summed E-state index contributed by atoms with van der Waals surface area (Å²) in [5.41, 5.74) is 1.39. The molecule has 0 aliphatic heterocycles. The second-order valence-electron chi connectivity index (χ2n) is 4.49. The third-order valence-electron chi connectivity index (χ3n) is 3.40. The van der Waals surface area contributed by atoms with Gasteiger partial charge in [0, 0.05) is 16.2 Å². The zero-order chi connectivity index (χ0) is 10.7. The minimum absolute atomic E-state index is 0.679. The van der Waals surface area contributed by atoms with Crippen molar-refractivity contribution in [3.05, 3.63) is 33.4 Å². The standard InChI is InChI=1S/C13H18IN/c1-10(12-3-2-4-12)15-9-11-5-7-13(14)8-6-11/h5-8,10,12,15H,2-4,9H2,1H3. The van der Waals surface area contributed by atoms with Gasteiger partial charge < -0.3 is 5.32 Å². The lowest BCUT2D eigenvalue weighted by Crippen LogP contribution is -2.36. The molecule has 0 saturated heterocycles. The van der Waals surface area contributed by atoms with Gasteiger partial charge in [0.2, 0.25) is 0 Å². The van der Waals surface area contributed by atoms with Crippen molar-refractivity contribution in [2.75, 3.05) is 0 Å². The summed E-state index contributed by atoms with van der Waals surface area (Å²) < 4.78 is 1.31. The van der Waals surface area contributed by atoms with E-state index >= 15 is 0 Å². The molecule has 1 aromatic rings. The van der Waals surface area contributed by atoms with Crippen LogP contribution in [0.2, 0.25) is 0 Å². The van der Waals surface area contributed by atoms with Gasteiger partial charge in [-0.25, -0.2) is 0 Å². The Morgan fingerprint density at radius 3 is 2.53 bits per heavy atom. The molecule has 1 N–H and O–H groups in total. The number of rotatable bonds is 4. The largest absolute Gasteiger partial charge is 0.310 e. The van der Waals surface area contributed by atoms with Crippen LogP contribution in [0.3, 0.4) is 0 Å². The highest BCUT2D eigenvalue weighted by atomic mass is 127.